The predicted octanol–water partition coefficient (Wildman–Crippen LogP) is 5.03. The van der Waals surface area contributed by atoms with E-state index in [1.165, 1.54) is 0 Å². The van der Waals surface area contributed by atoms with Crippen LogP contribution in [0, 0.1) is 0 Å². The summed E-state index contributed by atoms with van der Waals surface area (Å²) in [5.41, 5.74) is 4.20. The van der Waals surface area contributed by atoms with E-state index in [2.05, 4.69) is 5.73 Å². The van der Waals surface area contributed by atoms with Crippen LogP contribution in [0.1, 0.15) is 55.4 Å². The molecule has 0 bridgehead atoms. The fourth-order valence-electron chi connectivity index (χ4n) is 1.61. The third-order valence-corrected chi connectivity index (χ3v) is 7.01. The molecule has 1 nitrogen and oxygen atoms in total. The lowest BCUT2D eigenvalue weighted by atomic mass is 10.2. The standard InChI is InChI=1S/C13H25OP/c1-11(2)9-10-15(14,12(3,4)5)13(6,7)8/h10H,1-8H3. The first kappa shape index (κ1) is 14.8. The zero-order valence-electron chi connectivity index (χ0n) is 11.4. The van der Waals surface area contributed by atoms with Gasteiger partial charge in [-0.25, -0.2) is 0 Å². The van der Waals surface area contributed by atoms with E-state index in [-0.39, 0.29) is 10.3 Å². The summed E-state index contributed by atoms with van der Waals surface area (Å²) in [5.74, 6) is 1.82. The number of hydrogen-bond acceptors (Lipinski definition) is 1. The minimum absolute atomic E-state index is 0.201. The summed E-state index contributed by atoms with van der Waals surface area (Å²) in [7, 11) is -2.40. The van der Waals surface area contributed by atoms with Crippen molar-refractivity contribution < 1.29 is 4.57 Å². The second-order valence-electron chi connectivity index (χ2n) is 6.27. The van der Waals surface area contributed by atoms with Gasteiger partial charge in [0, 0.05) is 16.1 Å². The van der Waals surface area contributed by atoms with Crippen LogP contribution in [0.25, 0.3) is 0 Å². The summed E-state index contributed by atoms with van der Waals surface area (Å²) in [6.07, 6.45) is 0. The van der Waals surface area contributed by atoms with E-state index in [1.807, 2.05) is 61.2 Å². The lowest BCUT2D eigenvalue weighted by molar-refractivity contribution is 0.527. The highest BCUT2D eigenvalue weighted by Gasteiger charge is 2.44. The van der Waals surface area contributed by atoms with Crippen molar-refractivity contribution in [3.05, 3.63) is 17.1 Å². The van der Waals surface area contributed by atoms with E-state index < -0.39 is 7.14 Å². The molecule has 0 amide bonds. The molecule has 0 fully saturated rings. The highest BCUT2D eigenvalue weighted by molar-refractivity contribution is 7.70. The Balaban J connectivity index is 5.68. The highest BCUT2D eigenvalue weighted by atomic mass is 31.2. The molecule has 0 aromatic carbocycles. The summed E-state index contributed by atoms with van der Waals surface area (Å²) < 4.78 is 13.0. The van der Waals surface area contributed by atoms with Crippen LogP contribution in [-0.4, -0.2) is 10.3 Å². The van der Waals surface area contributed by atoms with Gasteiger partial charge in [0.05, 0.1) is 0 Å². The Morgan fingerprint density at radius 2 is 1.33 bits per heavy atom. The normalized spacial score (nSPS) is 13.3. The van der Waals surface area contributed by atoms with Crippen LogP contribution in [0.5, 0.6) is 0 Å². The van der Waals surface area contributed by atoms with Gasteiger partial charge in [-0.3, -0.25) is 0 Å². The topological polar surface area (TPSA) is 17.1 Å². The van der Waals surface area contributed by atoms with Gasteiger partial charge in [-0.05, 0) is 19.4 Å². The van der Waals surface area contributed by atoms with E-state index in [0.29, 0.717) is 0 Å². The maximum absolute atomic E-state index is 13.0. The quantitative estimate of drug-likeness (QED) is 0.454. The van der Waals surface area contributed by atoms with Gasteiger partial charge in [0.2, 0.25) is 0 Å². The molecule has 88 valence electrons. The van der Waals surface area contributed by atoms with Crippen molar-refractivity contribution >= 4 is 7.14 Å². The third-order valence-electron chi connectivity index (χ3n) is 2.53. The number of allylic oxidation sites excluding steroid dienone is 1. The fraction of sp³-hybridized carbons (Fsp3) is 0.769. The SMILES string of the molecule is CC(C)=C=CP(=O)(C(C)(C)C)C(C)(C)C. The van der Waals surface area contributed by atoms with Crippen molar-refractivity contribution in [2.24, 2.45) is 0 Å². The van der Waals surface area contributed by atoms with Crippen LogP contribution in [0.4, 0.5) is 0 Å². The van der Waals surface area contributed by atoms with Gasteiger partial charge in [0.15, 0.2) is 0 Å². The smallest absolute Gasteiger partial charge is 0.126 e. The summed E-state index contributed by atoms with van der Waals surface area (Å²) in [5, 5.41) is -0.401. The first-order valence-electron chi connectivity index (χ1n) is 5.43. The van der Waals surface area contributed by atoms with E-state index in [0.717, 1.165) is 5.57 Å². The molecule has 0 radical (unpaired) electrons. The highest BCUT2D eigenvalue weighted by Crippen LogP contribution is 2.67. The van der Waals surface area contributed by atoms with Crippen molar-refractivity contribution in [3.8, 4) is 0 Å². The van der Waals surface area contributed by atoms with Crippen LogP contribution < -0.4 is 0 Å². The van der Waals surface area contributed by atoms with Gasteiger partial charge >= 0.3 is 0 Å². The molecule has 0 atom stereocenters. The molecule has 0 aromatic heterocycles. The lowest BCUT2D eigenvalue weighted by Gasteiger charge is -2.38. The molecule has 0 spiro atoms. The molecule has 0 N–H and O–H groups in total. The van der Waals surface area contributed by atoms with Crippen LogP contribution in [0.2, 0.25) is 0 Å². The Morgan fingerprint density at radius 3 is 1.53 bits per heavy atom. The molecule has 0 aliphatic heterocycles. The van der Waals surface area contributed by atoms with Crippen molar-refractivity contribution in [1.82, 2.24) is 0 Å². The Morgan fingerprint density at radius 1 is 1.00 bits per heavy atom. The molecule has 15 heavy (non-hydrogen) atoms. The van der Waals surface area contributed by atoms with Crippen molar-refractivity contribution in [2.75, 3.05) is 0 Å². The van der Waals surface area contributed by atoms with Gasteiger partial charge in [0.25, 0.3) is 0 Å². The molecule has 0 aromatic rings. The molecule has 0 unspecified atom stereocenters. The van der Waals surface area contributed by atoms with Crippen LogP contribution in [0.3, 0.4) is 0 Å². The van der Waals surface area contributed by atoms with Crippen molar-refractivity contribution in [2.45, 2.75) is 65.7 Å². The lowest BCUT2D eigenvalue weighted by Crippen LogP contribution is -2.27. The minimum atomic E-state index is -2.40. The van der Waals surface area contributed by atoms with Crippen LogP contribution in [0.15, 0.2) is 17.1 Å². The Kier molecular flexibility index (Phi) is 4.25. The minimum Gasteiger partial charge on any atom is -0.318 e. The average molecular weight is 228 g/mol. The van der Waals surface area contributed by atoms with Crippen LogP contribution >= 0.6 is 7.14 Å². The van der Waals surface area contributed by atoms with E-state index in [4.69, 9.17) is 0 Å². The van der Waals surface area contributed by atoms with E-state index in [9.17, 15) is 4.57 Å². The van der Waals surface area contributed by atoms with Crippen molar-refractivity contribution in [3.63, 3.8) is 0 Å². The molecule has 0 rings (SSSR count). The monoisotopic (exact) mass is 228 g/mol. The second-order valence-corrected chi connectivity index (χ2v) is 10.5. The molecular formula is C13H25OP. The fourth-order valence-corrected chi connectivity index (χ4v) is 4.84. The summed E-state index contributed by atoms with van der Waals surface area (Å²) in [6.45, 7) is 16.2. The van der Waals surface area contributed by atoms with Gasteiger partial charge in [0.1, 0.15) is 7.14 Å². The zero-order valence-corrected chi connectivity index (χ0v) is 12.3. The van der Waals surface area contributed by atoms with Gasteiger partial charge < -0.3 is 4.57 Å². The maximum atomic E-state index is 13.0. The summed E-state index contributed by atoms with van der Waals surface area (Å²) in [6, 6.07) is 0. The van der Waals surface area contributed by atoms with Crippen LogP contribution in [-0.2, 0) is 4.57 Å². The van der Waals surface area contributed by atoms with E-state index >= 15 is 0 Å². The first-order valence-corrected chi connectivity index (χ1v) is 7.20. The molecule has 0 saturated carbocycles. The third kappa shape index (κ3) is 3.37. The number of hydrogen-bond donors (Lipinski definition) is 0. The Bertz CT molecular complexity index is 309. The Labute approximate surface area is 95.0 Å². The molecule has 0 aliphatic carbocycles. The molecule has 0 saturated heterocycles. The van der Waals surface area contributed by atoms with E-state index in [1.54, 1.807) is 0 Å². The largest absolute Gasteiger partial charge is 0.318 e. The van der Waals surface area contributed by atoms with Gasteiger partial charge in [-0.15, -0.1) is 5.73 Å². The van der Waals surface area contributed by atoms with Crippen molar-refractivity contribution in [1.29, 1.82) is 0 Å². The molecule has 0 heterocycles. The van der Waals surface area contributed by atoms with Gasteiger partial charge in [-0.1, -0.05) is 41.5 Å². The molecular weight excluding hydrogens is 203 g/mol. The predicted molar refractivity (Wildman–Crippen MR) is 70.1 cm³/mol. The second kappa shape index (κ2) is 4.32. The zero-order chi connectivity index (χ0) is 12.5. The summed E-state index contributed by atoms with van der Waals surface area (Å²) in [4.78, 5) is 0. The first-order chi connectivity index (χ1) is 6.42. The maximum Gasteiger partial charge on any atom is 0.126 e. The molecule has 0 aliphatic rings. The average Bonchev–Trinajstić information content (AvgIpc) is 1.95. The Hall–Kier alpha value is -0.250. The summed E-state index contributed by atoms with van der Waals surface area (Å²) >= 11 is 0. The van der Waals surface area contributed by atoms with Gasteiger partial charge in [-0.2, -0.15) is 0 Å². The number of rotatable bonds is 1. The molecule has 2 heteroatoms.